The quantitative estimate of drug-likeness (QED) is 0.444. The van der Waals surface area contributed by atoms with E-state index in [0.717, 1.165) is 56.1 Å². The predicted molar refractivity (Wildman–Crippen MR) is 118 cm³/mol. The Hall–Kier alpha value is -3.07. The number of nitrogens with zero attached hydrogens (tertiary/aromatic N) is 3. The van der Waals surface area contributed by atoms with Crippen LogP contribution in [0.4, 0.5) is 0 Å². The first-order valence-corrected chi connectivity index (χ1v) is 10.2. The van der Waals surface area contributed by atoms with Gasteiger partial charge in [-0.3, -0.25) is 4.90 Å². The summed E-state index contributed by atoms with van der Waals surface area (Å²) < 4.78 is 12.9. The van der Waals surface area contributed by atoms with Gasteiger partial charge in [0.25, 0.3) is 0 Å². The van der Waals surface area contributed by atoms with Crippen LogP contribution < -0.4 is 4.74 Å². The highest BCUT2D eigenvalue weighted by Crippen LogP contribution is 2.18. The minimum Gasteiger partial charge on any atom is -0.497 e. The highest BCUT2D eigenvalue weighted by Gasteiger charge is 2.12. The lowest BCUT2D eigenvalue weighted by molar-refractivity contribution is 0.165. The van der Waals surface area contributed by atoms with Crippen LogP contribution >= 0.6 is 0 Å². The Morgan fingerprint density at radius 2 is 1.87 bits per heavy atom. The second kappa shape index (κ2) is 11.2. The minimum atomic E-state index is 0.723. The van der Waals surface area contributed by atoms with Gasteiger partial charge in [-0.15, -0.1) is 0 Å². The molecule has 156 valence electrons. The summed E-state index contributed by atoms with van der Waals surface area (Å²) in [6.45, 7) is 3.96. The lowest BCUT2D eigenvalue weighted by Crippen LogP contribution is -2.26. The molecule has 0 aliphatic rings. The number of methoxy groups -OCH3 is 2. The van der Waals surface area contributed by atoms with Crippen molar-refractivity contribution in [2.45, 2.75) is 26.1 Å². The van der Waals surface area contributed by atoms with Crippen molar-refractivity contribution in [3.05, 3.63) is 89.2 Å². The molecule has 0 aliphatic heterocycles. The molecule has 3 aromatic rings. The first kappa shape index (κ1) is 21.6. The Balaban J connectivity index is 1.76. The van der Waals surface area contributed by atoms with Gasteiger partial charge in [0.1, 0.15) is 5.75 Å². The Morgan fingerprint density at radius 3 is 2.67 bits per heavy atom. The molecule has 0 saturated carbocycles. The molecule has 0 saturated heterocycles. The maximum absolute atomic E-state index is 9.45. The van der Waals surface area contributed by atoms with Crippen LogP contribution in [0.1, 0.15) is 28.8 Å². The molecule has 0 fully saturated rings. The molecule has 0 amide bonds. The summed E-state index contributed by atoms with van der Waals surface area (Å²) in [6.07, 6.45) is 3.06. The highest BCUT2D eigenvalue weighted by atomic mass is 16.5. The third kappa shape index (κ3) is 5.96. The van der Waals surface area contributed by atoms with E-state index in [9.17, 15) is 5.26 Å². The maximum atomic E-state index is 9.45. The maximum Gasteiger partial charge on any atom is 0.119 e. The number of benzene rings is 2. The van der Waals surface area contributed by atoms with Crippen LogP contribution in [0.3, 0.4) is 0 Å². The molecule has 0 spiro atoms. The predicted octanol–water partition coefficient (Wildman–Crippen LogP) is 4.46. The molecule has 0 aliphatic carbocycles. The summed E-state index contributed by atoms with van der Waals surface area (Å²) >= 11 is 0. The molecule has 1 aromatic heterocycles. The zero-order chi connectivity index (χ0) is 21.2. The average molecular weight is 404 g/mol. The summed E-state index contributed by atoms with van der Waals surface area (Å²) in [5.41, 5.74) is 4.24. The van der Waals surface area contributed by atoms with Gasteiger partial charge >= 0.3 is 0 Å². The molecule has 0 radical (unpaired) electrons. The molecular weight excluding hydrogens is 374 g/mol. The van der Waals surface area contributed by atoms with E-state index in [1.807, 2.05) is 36.4 Å². The van der Waals surface area contributed by atoms with Crippen molar-refractivity contribution in [1.82, 2.24) is 9.47 Å². The Morgan fingerprint density at radius 1 is 1.00 bits per heavy atom. The van der Waals surface area contributed by atoms with Crippen LogP contribution in [0.25, 0.3) is 0 Å². The van der Waals surface area contributed by atoms with E-state index in [1.54, 1.807) is 14.2 Å². The van der Waals surface area contributed by atoms with Crippen LogP contribution in [-0.4, -0.2) is 36.8 Å². The number of hydrogen-bond acceptors (Lipinski definition) is 4. The van der Waals surface area contributed by atoms with E-state index >= 15 is 0 Å². The monoisotopic (exact) mass is 403 g/mol. The topological polar surface area (TPSA) is 50.4 Å². The fraction of sp³-hybridized carbons (Fsp3) is 0.320. The lowest BCUT2D eigenvalue weighted by atomic mass is 10.1. The molecular formula is C25H29N3O2. The van der Waals surface area contributed by atoms with Crippen LogP contribution in [0.15, 0.2) is 66.9 Å². The smallest absolute Gasteiger partial charge is 0.119 e. The molecule has 1 heterocycles. The van der Waals surface area contributed by atoms with Gasteiger partial charge in [-0.2, -0.15) is 5.26 Å². The fourth-order valence-corrected chi connectivity index (χ4v) is 3.60. The number of aromatic nitrogens is 1. The molecule has 2 aromatic carbocycles. The Bertz CT molecular complexity index is 974. The lowest BCUT2D eigenvalue weighted by Gasteiger charge is -2.24. The standard InChI is InChI=1S/C25H29N3O2/c1-29-15-7-13-27(19-23-10-4-3-9-22(23)17-26)20-24-11-6-14-28(24)18-21-8-5-12-25(16-21)30-2/h3-6,8-12,14,16H,7,13,15,18-20H2,1-2H3. The van der Waals surface area contributed by atoms with Crippen LogP contribution in [0.5, 0.6) is 5.75 Å². The van der Waals surface area contributed by atoms with Gasteiger partial charge in [0.15, 0.2) is 0 Å². The van der Waals surface area contributed by atoms with Crippen molar-refractivity contribution in [2.75, 3.05) is 27.4 Å². The zero-order valence-corrected chi connectivity index (χ0v) is 17.8. The molecule has 0 N–H and O–H groups in total. The summed E-state index contributed by atoms with van der Waals surface area (Å²) in [7, 11) is 3.42. The second-order valence-corrected chi connectivity index (χ2v) is 7.30. The zero-order valence-electron chi connectivity index (χ0n) is 17.8. The second-order valence-electron chi connectivity index (χ2n) is 7.30. The van der Waals surface area contributed by atoms with Gasteiger partial charge in [0, 0.05) is 51.8 Å². The molecule has 5 heteroatoms. The summed E-state index contributed by atoms with van der Waals surface area (Å²) in [4.78, 5) is 2.38. The molecule has 5 nitrogen and oxygen atoms in total. The first-order valence-electron chi connectivity index (χ1n) is 10.2. The van der Waals surface area contributed by atoms with Crippen molar-refractivity contribution < 1.29 is 9.47 Å². The Kier molecular flexibility index (Phi) is 8.08. The van der Waals surface area contributed by atoms with E-state index in [1.165, 1.54) is 11.3 Å². The van der Waals surface area contributed by atoms with Crippen molar-refractivity contribution in [2.24, 2.45) is 0 Å². The van der Waals surface area contributed by atoms with Gasteiger partial charge in [0.05, 0.1) is 18.7 Å². The van der Waals surface area contributed by atoms with E-state index < -0.39 is 0 Å². The van der Waals surface area contributed by atoms with Gasteiger partial charge in [-0.25, -0.2) is 0 Å². The SMILES string of the molecule is COCCCN(Cc1ccccc1C#N)Cc1cccn1Cc1cccc(OC)c1. The number of hydrogen-bond donors (Lipinski definition) is 0. The van der Waals surface area contributed by atoms with Crippen LogP contribution in [0, 0.1) is 11.3 Å². The molecule has 0 unspecified atom stereocenters. The van der Waals surface area contributed by atoms with Crippen molar-refractivity contribution in [1.29, 1.82) is 5.26 Å². The minimum absolute atomic E-state index is 0.723. The number of ether oxygens (including phenoxy) is 2. The summed E-state index contributed by atoms with van der Waals surface area (Å²) in [5, 5.41) is 9.45. The van der Waals surface area contributed by atoms with Crippen molar-refractivity contribution in [3.63, 3.8) is 0 Å². The van der Waals surface area contributed by atoms with Crippen molar-refractivity contribution in [3.8, 4) is 11.8 Å². The van der Waals surface area contributed by atoms with E-state index in [4.69, 9.17) is 9.47 Å². The van der Waals surface area contributed by atoms with Gasteiger partial charge in [-0.1, -0.05) is 30.3 Å². The van der Waals surface area contributed by atoms with Crippen LogP contribution in [0.2, 0.25) is 0 Å². The van der Waals surface area contributed by atoms with Gasteiger partial charge in [-0.05, 0) is 47.9 Å². The van der Waals surface area contributed by atoms with E-state index in [-0.39, 0.29) is 0 Å². The van der Waals surface area contributed by atoms with Gasteiger partial charge < -0.3 is 14.0 Å². The normalized spacial score (nSPS) is 10.9. The largest absolute Gasteiger partial charge is 0.497 e. The average Bonchev–Trinajstić information content (AvgIpc) is 3.20. The molecule has 0 atom stereocenters. The van der Waals surface area contributed by atoms with Gasteiger partial charge in [0.2, 0.25) is 0 Å². The fourth-order valence-electron chi connectivity index (χ4n) is 3.60. The third-order valence-electron chi connectivity index (χ3n) is 5.15. The number of nitriles is 1. The third-order valence-corrected chi connectivity index (χ3v) is 5.15. The summed E-state index contributed by atoms with van der Waals surface area (Å²) in [6, 6.07) is 22.6. The first-order chi connectivity index (χ1) is 14.7. The molecule has 30 heavy (non-hydrogen) atoms. The van der Waals surface area contributed by atoms with E-state index in [2.05, 4.69) is 46.0 Å². The highest BCUT2D eigenvalue weighted by molar-refractivity contribution is 5.37. The molecule has 0 bridgehead atoms. The summed E-state index contributed by atoms with van der Waals surface area (Å²) in [5.74, 6) is 0.871. The van der Waals surface area contributed by atoms with E-state index in [0.29, 0.717) is 0 Å². The molecule has 3 rings (SSSR count). The van der Waals surface area contributed by atoms with Crippen molar-refractivity contribution >= 4 is 0 Å². The Labute approximate surface area is 179 Å². The number of rotatable bonds is 11. The van der Waals surface area contributed by atoms with Crippen LogP contribution in [-0.2, 0) is 24.4 Å².